The number of rotatable bonds is 50. The van der Waals surface area contributed by atoms with E-state index in [2.05, 4.69) is 19.2 Å². The summed E-state index contributed by atoms with van der Waals surface area (Å²) in [6.07, 6.45) is 48.7. The van der Waals surface area contributed by atoms with Crippen molar-refractivity contribution in [2.45, 2.75) is 339 Å². The van der Waals surface area contributed by atoms with Gasteiger partial charge >= 0.3 is 0 Å². The van der Waals surface area contributed by atoms with Crippen molar-refractivity contribution >= 4 is 5.91 Å². The van der Waals surface area contributed by atoms with E-state index in [-0.39, 0.29) is 12.5 Å². The first-order chi connectivity index (χ1) is 31.8. The number of hydrogen-bond acceptors (Lipinski definition) is 8. The number of carbonyl (C=O) groups is 1. The zero-order chi connectivity index (χ0) is 47.3. The number of ether oxygens (including phenoxy) is 2. The molecule has 388 valence electrons. The first kappa shape index (κ1) is 62.2. The lowest BCUT2D eigenvalue weighted by Gasteiger charge is -2.40. The van der Waals surface area contributed by atoms with E-state index in [1.165, 1.54) is 231 Å². The summed E-state index contributed by atoms with van der Waals surface area (Å²) in [7, 11) is 0. The minimum Gasteiger partial charge on any atom is -0.394 e. The zero-order valence-electron chi connectivity index (χ0n) is 43.0. The topological polar surface area (TPSA) is 149 Å². The molecule has 0 aromatic carbocycles. The molecular formula is C56H111NO8. The molecule has 0 saturated carbocycles. The van der Waals surface area contributed by atoms with Gasteiger partial charge in [0, 0.05) is 6.42 Å². The van der Waals surface area contributed by atoms with E-state index in [1.54, 1.807) is 0 Å². The van der Waals surface area contributed by atoms with Crippen molar-refractivity contribution in [1.82, 2.24) is 5.32 Å². The Morgan fingerprint density at radius 3 is 1.09 bits per heavy atom. The van der Waals surface area contributed by atoms with Crippen LogP contribution in [-0.2, 0) is 14.3 Å². The van der Waals surface area contributed by atoms with Crippen LogP contribution in [0.5, 0.6) is 0 Å². The Balaban J connectivity index is 2.07. The Morgan fingerprint density at radius 2 is 0.769 bits per heavy atom. The average Bonchev–Trinajstić information content (AvgIpc) is 3.31. The van der Waals surface area contributed by atoms with Crippen LogP contribution in [0.1, 0.15) is 296 Å². The lowest BCUT2D eigenvalue weighted by molar-refractivity contribution is -0.302. The second-order valence-corrected chi connectivity index (χ2v) is 20.5. The maximum absolute atomic E-state index is 13.0. The second kappa shape index (κ2) is 46.9. The van der Waals surface area contributed by atoms with Gasteiger partial charge in [0.05, 0.1) is 25.4 Å². The highest BCUT2D eigenvalue weighted by molar-refractivity contribution is 5.76. The molecular weight excluding hydrogens is 815 g/mol. The smallest absolute Gasteiger partial charge is 0.220 e. The van der Waals surface area contributed by atoms with Crippen LogP contribution in [0.25, 0.3) is 0 Å². The monoisotopic (exact) mass is 926 g/mol. The summed E-state index contributed by atoms with van der Waals surface area (Å²) in [4.78, 5) is 13.0. The van der Waals surface area contributed by atoms with Crippen LogP contribution in [0.3, 0.4) is 0 Å². The van der Waals surface area contributed by atoms with Crippen molar-refractivity contribution in [3.05, 3.63) is 0 Å². The lowest BCUT2D eigenvalue weighted by atomic mass is 9.99. The van der Waals surface area contributed by atoms with Crippen LogP contribution in [0, 0.1) is 0 Å². The largest absolute Gasteiger partial charge is 0.394 e. The molecule has 0 aliphatic carbocycles. The quantitative estimate of drug-likeness (QED) is 0.0330. The van der Waals surface area contributed by atoms with Crippen LogP contribution >= 0.6 is 0 Å². The number of hydrogen-bond donors (Lipinski definition) is 6. The summed E-state index contributed by atoms with van der Waals surface area (Å²) in [5, 5.41) is 54.5. The summed E-state index contributed by atoms with van der Waals surface area (Å²) >= 11 is 0. The van der Waals surface area contributed by atoms with Gasteiger partial charge in [0.15, 0.2) is 6.29 Å². The Morgan fingerprint density at radius 1 is 0.462 bits per heavy atom. The average molecular weight is 927 g/mol. The number of carbonyl (C=O) groups excluding carboxylic acids is 1. The summed E-state index contributed by atoms with van der Waals surface area (Å²) in [6.45, 7) is 3.86. The Bertz CT molecular complexity index is 986. The van der Waals surface area contributed by atoms with Gasteiger partial charge in [-0.2, -0.15) is 0 Å². The van der Waals surface area contributed by atoms with E-state index in [4.69, 9.17) is 9.47 Å². The van der Waals surface area contributed by atoms with E-state index in [1.807, 2.05) is 0 Å². The number of nitrogens with one attached hydrogen (secondary N) is 1. The van der Waals surface area contributed by atoms with Crippen molar-refractivity contribution in [3.8, 4) is 0 Å². The number of aliphatic hydroxyl groups excluding tert-OH is 5. The molecule has 65 heavy (non-hydrogen) atoms. The molecule has 1 rings (SSSR count). The van der Waals surface area contributed by atoms with E-state index in [9.17, 15) is 30.3 Å². The Kier molecular flexibility index (Phi) is 44.9. The van der Waals surface area contributed by atoms with E-state index < -0.39 is 49.5 Å². The molecule has 9 heteroatoms. The van der Waals surface area contributed by atoms with Crippen LogP contribution in [0.4, 0.5) is 0 Å². The molecule has 9 nitrogen and oxygen atoms in total. The maximum Gasteiger partial charge on any atom is 0.220 e. The van der Waals surface area contributed by atoms with Crippen LogP contribution in [0.15, 0.2) is 0 Å². The SMILES string of the molecule is CCCCCCCCCCCCCCCCCCCCCCCCCCCCCCCCCC(=O)N[C@@H](CO[C@@H]1O[C@H](CO)[C@H](O)C(O)C1O)[C@H](O)CCCCCCCCCCCCC. The number of aliphatic hydroxyl groups is 5. The third kappa shape index (κ3) is 36.8. The molecule has 0 aromatic heterocycles. The molecule has 1 aliphatic heterocycles. The zero-order valence-corrected chi connectivity index (χ0v) is 43.0. The lowest BCUT2D eigenvalue weighted by Crippen LogP contribution is -2.60. The number of amides is 1. The molecule has 6 N–H and O–H groups in total. The minimum atomic E-state index is -1.55. The molecule has 1 fully saturated rings. The van der Waals surface area contributed by atoms with Gasteiger partial charge in [0.1, 0.15) is 24.4 Å². The second-order valence-electron chi connectivity index (χ2n) is 20.5. The van der Waals surface area contributed by atoms with Crippen LogP contribution in [0.2, 0.25) is 0 Å². The fraction of sp³-hybridized carbons (Fsp3) is 0.982. The summed E-state index contributed by atoms with van der Waals surface area (Å²) in [5.41, 5.74) is 0. The molecule has 0 radical (unpaired) electrons. The molecule has 7 atom stereocenters. The third-order valence-electron chi connectivity index (χ3n) is 14.2. The highest BCUT2D eigenvalue weighted by Gasteiger charge is 2.44. The van der Waals surface area contributed by atoms with Gasteiger partial charge in [-0.15, -0.1) is 0 Å². The minimum absolute atomic E-state index is 0.132. The maximum atomic E-state index is 13.0. The Labute approximate surface area is 402 Å². The first-order valence-electron chi connectivity index (χ1n) is 28.7. The van der Waals surface area contributed by atoms with Crippen molar-refractivity contribution in [2.75, 3.05) is 13.2 Å². The molecule has 1 saturated heterocycles. The molecule has 1 heterocycles. The standard InChI is InChI=1S/C56H111NO8/c1-3-5-7-9-11-13-15-16-17-18-19-20-21-22-23-24-25-26-27-28-29-30-31-32-33-34-36-38-40-42-44-46-52(60)57-49(48-64-56-55(63)54(62)53(61)51(47-58)65-56)50(59)45-43-41-39-37-35-14-12-10-8-6-4-2/h49-51,53-56,58-59,61-63H,3-48H2,1-2H3,(H,57,60)/t49-,50+,51+,53-,54?,55?,56+/m0/s1. The highest BCUT2D eigenvalue weighted by Crippen LogP contribution is 2.23. The van der Waals surface area contributed by atoms with E-state index >= 15 is 0 Å². The van der Waals surface area contributed by atoms with Crippen molar-refractivity contribution in [3.63, 3.8) is 0 Å². The van der Waals surface area contributed by atoms with E-state index in [0.29, 0.717) is 12.8 Å². The molecule has 2 unspecified atom stereocenters. The summed E-state index contributed by atoms with van der Waals surface area (Å²) in [6, 6.07) is -0.712. The molecule has 1 aliphatic rings. The predicted molar refractivity (Wildman–Crippen MR) is 272 cm³/mol. The number of unbranched alkanes of at least 4 members (excludes halogenated alkanes) is 40. The molecule has 0 bridgehead atoms. The molecule has 0 spiro atoms. The normalized spacial score (nSPS) is 19.8. The predicted octanol–water partition coefficient (Wildman–Crippen LogP) is 13.9. The molecule has 1 amide bonds. The van der Waals surface area contributed by atoms with Gasteiger partial charge in [-0.3, -0.25) is 4.79 Å². The van der Waals surface area contributed by atoms with Gasteiger partial charge in [-0.05, 0) is 12.8 Å². The van der Waals surface area contributed by atoms with Gasteiger partial charge in [-0.25, -0.2) is 0 Å². The highest BCUT2D eigenvalue weighted by atomic mass is 16.7. The van der Waals surface area contributed by atoms with Gasteiger partial charge in [-0.1, -0.05) is 277 Å². The van der Waals surface area contributed by atoms with Crippen molar-refractivity contribution in [2.24, 2.45) is 0 Å². The Hall–Kier alpha value is -0.810. The van der Waals surface area contributed by atoms with Crippen LogP contribution in [-0.4, -0.2) is 87.5 Å². The van der Waals surface area contributed by atoms with Crippen molar-refractivity contribution < 1.29 is 39.8 Å². The third-order valence-corrected chi connectivity index (χ3v) is 14.2. The van der Waals surface area contributed by atoms with Gasteiger partial charge in [0.2, 0.25) is 5.91 Å². The summed E-state index contributed by atoms with van der Waals surface area (Å²) in [5.74, 6) is -0.138. The first-order valence-corrected chi connectivity index (χ1v) is 28.7. The van der Waals surface area contributed by atoms with Gasteiger partial charge < -0.3 is 40.3 Å². The summed E-state index contributed by atoms with van der Waals surface area (Å²) < 4.78 is 11.3. The molecule has 0 aromatic rings. The van der Waals surface area contributed by atoms with Crippen molar-refractivity contribution in [1.29, 1.82) is 0 Å². The van der Waals surface area contributed by atoms with Gasteiger partial charge in [0.25, 0.3) is 0 Å². The van der Waals surface area contributed by atoms with E-state index in [0.717, 1.165) is 38.5 Å². The van der Waals surface area contributed by atoms with Crippen LogP contribution < -0.4 is 5.32 Å². The fourth-order valence-corrected chi connectivity index (χ4v) is 9.64. The fourth-order valence-electron chi connectivity index (χ4n) is 9.64.